The Bertz CT molecular complexity index is 1070. The lowest BCUT2D eigenvalue weighted by atomic mass is 10.0. The summed E-state index contributed by atoms with van der Waals surface area (Å²) >= 11 is 0. The lowest BCUT2D eigenvalue weighted by Gasteiger charge is -2.21. The number of rotatable bonds is 4. The molecule has 1 saturated carbocycles. The fraction of sp³-hybridized carbons (Fsp3) is 0.522. The number of nitrogens with zero attached hydrogens (tertiary/aromatic N) is 4. The Morgan fingerprint density at radius 2 is 2.00 bits per heavy atom. The molecule has 1 aliphatic carbocycles. The average Bonchev–Trinajstić information content (AvgIpc) is 3.34. The summed E-state index contributed by atoms with van der Waals surface area (Å²) in [4.78, 5) is 11.7. The van der Waals surface area contributed by atoms with Crippen molar-refractivity contribution in [2.45, 2.75) is 65.5 Å². The molecule has 0 bridgehead atoms. The highest BCUT2D eigenvalue weighted by Crippen LogP contribution is 2.37. The molecule has 1 fully saturated rings. The van der Waals surface area contributed by atoms with Crippen molar-refractivity contribution < 1.29 is 9.53 Å². The van der Waals surface area contributed by atoms with Gasteiger partial charge in [-0.1, -0.05) is 0 Å². The predicted molar refractivity (Wildman–Crippen MR) is 114 cm³/mol. The van der Waals surface area contributed by atoms with Gasteiger partial charge < -0.3 is 4.74 Å². The van der Waals surface area contributed by atoms with Crippen LogP contribution in [0.5, 0.6) is 5.75 Å². The number of aromatic nitrogens is 4. The number of ketones is 1. The monoisotopic (exact) mass is 394 g/mol. The Morgan fingerprint density at radius 3 is 2.62 bits per heavy atom. The van der Waals surface area contributed by atoms with Gasteiger partial charge in [0.2, 0.25) is 0 Å². The van der Waals surface area contributed by atoms with Crippen molar-refractivity contribution in [2.75, 3.05) is 0 Å². The lowest BCUT2D eigenvalue weighted by Crippen LogP contribution is -2.22. The van der Waals surface area contributed by atoms with E-state index in [2.05, 4.69) is 63.1 Å². The Labute approximate surface area is 171 Å². The van der Waals surface area contributed by atoms with Gasteiger partial charge in [-0.2, -0.15) is 10.2 Å². The first-order chi connectivity index (χ1) is 13.6. The number of carbonyl (C=O) groups excluding carboxylic acids is 1. The number of aryl methyl sites for hydroxylation is 2. The third-order valence-electron chi connectivity index (χ3n) is 6.05. The third kappa shape index (κ3) is 3.68. The van der Waals surface area contributed by atoms with Crippen LogP contribution in [0.4, 0.5) is 0 Å². The van der Waals surface area contributed by atoms with Gasteiger partial charge in [-0.15, -0.1) is 0 Å². The highest BCUT2D eigenvalue weighted by Gasteiger charge is 2.29. The molecular weight excluding hydrogens is 364 g/mol. The predicted octanol–water partition coefficient (Wildman–Crippen LogP) is 4.64. The van der Waals surface area contributed by atoms with Crippen LogP contribution in [0.25, 0.3) is 22.0 Å². The summed E-state index contributed by atoms with van der Waals surface area (Å²) in [6, 6.07) is 4.19. The van der Waals surface area contributed by atoms with Gasteiger partial charge in [0, 0.05) is 43.3 Å². The van der Waals surface area contributed by atoms with Crippen molar-refractivity contribution in [3.63, 3.8) is 0 Å². The highest BCUT2D eigenvalue weighted by molar-refractivity contribution is 5.92. The minimum absolute atomic E-state index is 0.0168. The van der Waals surface area contributed by atoms with Crippen LogP contribution in [0.15, 0.2) is 24.5 Å². The van der Waals surface area contributed by atoms with Crippen molar-refractivity contribution in [2.24, 2.45) is 13.0 Å². The van der Waals surface area contributed by atoms with Crippen LogP contribution in [-0.2, 0) is 17.4 Å². The van der Waals surface area contributed by atoms with E-state index in [9.17, 15) is 4.79 Å². The Hall–Kier alpha value is -2.63. The SMILES string of the molecule is Cc1c2c(O[C@H](C)[C@H]3CCC(=O)C3)cc(-c3cnn(C(C)(C)C)c3)cc2nn1C. The van der Waals surface area contributed by atoms with E-state index in [1.807, 2.05) is 22.6 Å². The van der Waals surface area contributed by atoms with Gasteiger partial charge in [-0.25, -0.2) is 0 Å². The molecule has 29 heavy (non-hydrogen) atoms. The molecule has 0 unspecified atom stereocenters. The number of ether oxygens (including phenoxy) is 1. The molecule has 154 valence electrons. The molecule has 0 spiro atoms. The van der Waals surface area contributed by atoms with Crippen molar-refractivity contribution in [3.05, 3.63) is 30.2 Å². The summed E-state index contributed by atoms with van der Waals surface area (Å²) in [6.45, 7) is 10.5. The van der Waals surface area contributed by atoms with Crippen LogP contribution in [-0.4, -0.2) is 31.4 Å². The number of hydrogen-bond acceptors (Lipinski definition) is 4. The molecule has 2 aromatic heterocycles. The quantitative estimate of drug-likeness (QED) is 0.647. The molecule has 3 aromatic rings. The molecule has 0 aliphatic heterocycles. The first kappa shape index (κ1) is 19.7. The van der Waals surface area contributed by atoms with Crippen molar-refractivity contribution in [3.8, 4) is 16.9 Å². The highest BCUT2D eigenvalue weighted by atomic mass is 16.5. The van der Waals surface area contributed by atoms with Gasteiger partial charge in [0.05, 0.1) is 28.7 Å². The second-order valence-electron chi connectivity index (χ2n) is 9.29. The third-order valence-corrected chi connectivity index (χ3v) is 6.05. The standard InChI is InChI=1S/C23H30N4O2/c1-14-22-20(25-26(14)6)10-17(18-12-24-27(13-18)23(3,4)5)11-21(22)29-15(2)16-7-8-19(28)9-16/h10-13,15-16H,7-9H2,1-6H3/t15-,16+/m1/s1. The molecule has 0 N–H and O–H groups in total. The summed E-state index contributed by atoms with van der Waals surface area (Å²) in [5.41, 5.74) is 3.99. The number of hydrogen-bond donors (Lipinski definition) is 0. The fourth-order valence-electron chi connectivity index (χ4n) is 4.08. The number of Topliss-reactive ketones (excluding diaryl/α,β-unsaturated/α-hetero) is 1. The summed E-state index contributed by atoms with van der Waals surface area (Å²) in [7, 11) is 1.95. The minimum Gasteiger partial charge on any atom is -0.490 e. The van der Waals surface area contributed by atoms with Gasteiger partial charge in [0.25, 0.3) is 0 Å². The molecule has 0 saturated heterocycles. The molecule has 6 heteroatoms. The molecule has 2 atom stereocenters. The maximum absolute atomic E-state index is 11.7. The Kier molecular flexibility index (Phi) is 4.75. The second-order valence-corrected chi connectivity index (χ2v) is 9.29. The van der Waals surface area contributed by atoms with Gasteiger partial charge in [0.15, 0.2) is 0 Å². The molecule has 4 rings (SSSR count). The van der Waals surface area contributed by atoms with Crippen LogP contribution in [0.3, 0.4) is 0 Å². The molecule has 1 aromatic carbocycles. The zero-order valence-electron chi connectivity index (χ0n) is 18.2. The Morgan fingerprint density at radius 1 is 1.24 bits per heavy atom. The van der Waals surface area contributed by atoms with Crippen LogP contribution in [0.2, 0.25) is 0 Å². The summed E-state index contributed by atoms with van der Waals surface area (Å²) in [5.74, 6) is 1.46. The van der Waals surface area contributed by atoms with Crippen molar-refractivity contribution >= 4 is 16.7 Å². The van der Waals surface area contributed by atoms with Crippen LogP contribution >= 0.6 is 0 Å². The first-order valence-electron chi connectivity index (χ1n) is 10.3. The first-order valence-corrected chi connectivity index (χ1v) is 10.3. The number of carbonyl (C=O) groups is 1. The maximum atomic E-state index is 11.7. The van der Waals surface area contributed by atoms with E-state index in [1.54, 1.807) is 0 Å². The Balaban J connectivity index is 1.75. The van der Waals surface area contributed by atoms with Crippen LogP contribution in [0.1, 0.15) is 52.7 Å². The number of benzene rings is 1. The van der Waals surface area contributed by atoms with E-state index in [4.69, 9.17) is 4.74 Å². The van der Waals surface area contributed by atoms with Gasteiger partial charge in [-0.3, -0.25) is 14.2 Å². The fourth-order valence-corrected chi connectivity index (χ4v) is 4.08. The molecule has 1 aliphatic rings. The topological polar surface area (TPSA) is 61.9 Å². The lowest BCUT2D eigenvalue weighted by molar-refractivity contribution is -0.117. The van der Waals surface area contributed by atoms with Crippen LogP contribution in [0, 0.1) is 12.8 Å². The largest absolute Gasteiger partial charge is 0.490 e. The van der Waals surface area contributed by atoms with Gasteiger partial charge >= 0.3 is 0 Å². The molecule has 0 amide bonds. The smallest absolute Gasteiger partial charge is 0.133 e. The van der Waals surface area contributed by atoms with Gasteiger partial charge in [-0.05, 0) is 58.7 Å². The van der Waals surface area contributed by atoms with Gasteiger partial charge in [0.1, 0.15) is 11.5 Å². The molecule has 6 nitrogen and oxygen atoms in total. The normalized spacial score (nSPS) is 18.6. The van der Waals surface area contributed by atoms with E-state index in [1.165, 1.54) is 0 Å². The van der Waals surface area contributed by atoms with Crippen molar-refractivity contribution in [1.82, 2.24) is 19.6 Å². The summed E-state index contributed by atoms with van der Waals surface area (Å²) in [6.07, 6.45) is 6.15. The molecule has 2 heterocycles. The van der Waals surface area contributed by atoms with E-state index in [0.717, 1.165) is 39.9 Å². The molecular formula is C23H30N4O2. The average molecular weight is 395 g/mol. The summed E-state index contributed by atoms with van der Waals surface area (Å²) in [5, 5.41) is 10.3. The minimum atomic E-state index is -0.0766. The van der Waals surface area contributed by atoms with Crippen molar-refractivity contribution in [1.29, 1.82) is 0 Å². The summed E-state index contributed by atoms with van der Waals surface area (Å²) < 4.78 is 10.3. The van der Waals surface area contributed by atoms with E-state index in [-0.39, 0.29) is 17.6 Å². The van der Waals surface area contributed by atoms with E-state index in [0.29, 0.717) is 18.6 Å². The van der Waals surface area contributed by atoms with E-state index >= 15 is 0 Å². The van der Waals surface area contributed by atoms with Crippen LogP contribution < -0.4 is 4.74 Å². The maximum Gasteiger partial charge on any atom is 0.133 e. The zero-order valence-corrected chi connectivity index (χ0v) is 18.2. The zero-order chi connectivity index (χ0) is 20.9. The second kappa shape index (κ2) is 7.01. The molecule has 0 radical (unpaired) electrons. The van der Waals surface area contributed by atoms with E-state index < -0.39 is 0 Å². The number of fused-ring (bicyclic) bond motifs is 1.